The smallest absolute Gasteiger partial charge is 0.280 e. The van der Waals surface area contributed by atoms with Crippen molar-refractivity contribution in [3.05, 3.63) is 76.6 Å². The molecule has 1 fully saturated rings. The normalized spacial score (nSPS) is 20.5. The number of nitrogens with zero attached hydrogens (tertiary/aromatic N) is 5. The van der Waals surface area contributed by atoms with Crippen LogP contribution in [0, 0.1) is 0 Å². The molecule has 0 bridgehead atoms. The molecular formula is C21H19N5O2. The lowest BCUT2D eigenvalue weighted by Crippen LogP contribution is -2.35. The van der Waals surface area contributed by atoms with Crippen LogP contribution in [0.1, 0.15) is 29.2 Å². The number of amides is 1. The van der Waals surface area contributed by atoms with Gasteiger partial charge < -0.3 is 4.90 Å². The van der Waals surface area contributed by atoms with E-state index in [4.69, 9.17) is 0 Å². The topological polar surface area (TPSA) is 81.0 Å². The van der Waals surface area contributed by atoms with Crippen LogP contribution in [0.25, 0.3) is 11.3 Å². The standard InChI is InChI=1S/C21H19N5O2/c27-18(16-8-4-5-11-22-16)25-12-9-21(14-25)10-13-26-19(28)17(23-24-20(21)26)15-6-2-1-3-7-15/h1-8,11H,9-10,12-14H2/t21-/m1/s1. The molecule has 1 aromatic carbocycles. The molecule has 4 heterocycles. The molecule has 2 aromatic heterocycles. The molecule has 0 N–H and O–H groups in total. The summed E-state index contributed by atoms with van der Waals surface area (Å²) in [6, 6.07) is 14.7. The lowest BCUT2D eigenvalue weighted by Gasteiger charge is -2.22. The average molecular weight is 373 g/mol. The first-order chi connectivity index (χ1) is 13.7. The summed E-state index contributed by atoms with van der Waals surface area (Å²) in [6.07, 6.45) is 3.20. The van der Waals surface area contributed by atoms with Gasteiger partial charge in [0.15, 0.2) is 5.69 Å². The molecule has 2 aliphatic rings. The molecule has 7 nitrogen and oxygen atoms in total. The van der Waals surface area contributed by atoms with Crippen LogP contribution in [0.4, 0.5) is 0 Å². The van der Waals surface area contributed by atoms with Crippen LogP contribution in [-0.4, -0.2) is 43.6 Å². The zero-order valence-corrected chi connectivity index (χ0v) is 15.3. The minimum absolute atomic E-state index is 0.0767. The first-order valence-electron chi connectivity index (χ1n) is 9.42. The summed E-state index contributed by atoms with van der Waals surface area (Å²) < 4.78 is 1.74. The molecule has 2 aliphatic heterocycles. The Kier molecular flexibility index (Phi) is 3.82. The van der Waals surface area contributed by atoms with Gasteiger partial charge in [-0.05, 0) is 25.0 Å². The summed E-state index contributed by atoms with van der Waals surface area (Å²) in [5.74, 6) is 0.626. The van der Waals surface area contributed by atoms with Gasteiger partial charge in [-0.2, -0.15) is 0 Å². The average Bonchev–Trinajstić information content (AvgIpc) is 3.34. The molecule has 7 heteroatoms. The van der Waals surface area contributed by atoms with Gasteiger partial charge in [-0.15, -0.1) is 10.2 Å². The number of benzene rings is 1. The van der Waals surface area contributed by atoms with E-state index < -0.39 is 0 Å². The fraction of sp³-hybridized carbons (Fsp3) is 0.286. The number of aromatic nitrogens is 4. The van der Waals surface area contributed by atoms with Crippen molar-refractivity contribution in [2.45, 2.75) is 24.8 Å². The maximum absolute atomic E-state index is 13.0. The van der Waals surface area contributed by atoms with Crippen molar-refractivity contribution < 1.29 is 4.79 Å². The van der Waals surface area contributed by atoms with Crippen molar-refractivity contribution in [3.63, 3.8) is 0 Å². The maximum atomic E-state index is 13.0. The molecule has 0 aliphatic carbocycles. The summed E-state index contributed by atoms with van der Waals surface area (Å²) in [5, 5.41) is 8.73. The van der Waals surface area contributed by atoms with Gasteiger partial charge >= 0.3 is 0 Å². The Morgan fingerprint density at radius 2 is 1.75 bits per heavy atom. The quantitative estimate of drug-likeness (QED) is 0.685. The van der Waals surface area contributed by atoms with Crippen molar-refractivity contribution in [1.29, 1.82) is 0 Å². The lowest BCUT2D eigenvalue weighted by molar-refractivity contribution is 0.0777. The third-order valence-corrected chi connectivity index (χ3v) is 5.81. The molecule has 140 valence electrons. The van der Waals surface area contributed by atoms with Crippen LogP contribution in [0.2, 0.25) is 0 Å². The van der Waals surface area contributed by atoms with Crippen molar-refractivity contribution >= 4 is 5.91 Å². The second kappa shape index (κ2) is 6.37. The largest absolute Gasteiger partial charge is 0.336 e. The Morgan fingerprint density at radius 3 is 2.54 bits per heavy atom. The van der Waals surface area contributed by atoms with E-state index in [0.29, 0.717) is 36.8 Å². The SMILES string of the molecule is O=C(c1ccccn1)N1CC[C@@]2(CCn3c2nnc(-c2ccccc2)c3=O)C1. The minimum Gasteiger partial charge on any atom is -0.336 e. The molecular weight excluding hydrogens is 354 g/mol. The van der Waals surface area contributed by atoms with Crippen LogP contribution in [-0.2, 0) is 12.0 Å². The molecule has 3 aromatic rings. The van der Waals surface area contributed by atoms with Gasteiger partial charge in [0.05, 0.1) is 5.41 Å². The molecule has 1 saturated heterocycles. The molecule has 0 unspecified atom stereocenters. The van der Waals surface area contributed by atoms with E-state index in [0.717, 1.165) is 18.4 Å². The monoisotopic (exact) mass is 373 g/mol. The molecule has 0 saturated carbocycles. The first kappa shape index (κ1) is 16.8. The van der Waals surface area contributed by atoms with E-state index in [9.17, 15) is 9.59 Å². The summed E-state index contributed by atoms with van der Waals surface area (Å²) in [7, 11) is 0. The number of rotatable bonds is 2. The first-order valence-corrected chi connectivity index (χ1v) is 9.42. The van der Waals surface area contributed by atoms with Gasteiger partial charge in [0.1, 0.15) is 11.5 Å². The maximum Gasteiger partial charge on any atom is 0.280 e. The molecule has 1 spiro atoms. The van der Waals surface area contributed by atoms with Crippen LogP contribution >= 0.6 is 0 Å². The van der Waals surface area contributed by atoms with Gasteiger partial charge in [-0.1, -0.05) is 36.4 Å². The highest BCUT2D eigenvalue weighted by molar-refractivity contribution is 5.92. The third-order valence-electron chi connectivity index (χ3n) is 5.81. The van der Waals surface area contributed by atoms with E-state index in [1.807, 2.05) is 41.3 Å². The van der Waals surface area contributed by atoms with Gasteiger partial charge in [-0.3, -0.25) is 19.1 Å². The fourth-order valence-corrected chi connectivity index (χ4v) is 4.32. The van der Waals surface area contributed by atoms with Crippen molar-refractivity contribution in [3.8, 4) is 11.3 Å². The van der Waals surface area contributed by atoms with E-state index in [-0.39, 0.29) is 16.9 Å². The van der Waals surface area contributed by atoms with E-state index in [2.05, 4.69) is 15.2 Å². The summed E-state index contributed by atoms with van der Waals surface area (Å²) in [6.45, 7) is 1.78. The Morgan fingerprint density at radius 1 is 0.964 bits per heavy atom. The van der Waals surface area contributed by atoms with Gasteiger partial charge in [0.2, 0.25) is 0 Å². The summed E-state index contributed by atoms with van der Waals surface area (Å²) in [4.78, 5) is 31.8. The number of carbonyl (C=O) groups is 1. The zero-order valence-electron chi connectivity index (χ0n) is 15.3. The van der Waals surface area contributed by atoms with Crippen LogP contribution in [0.15, 0.2) is 59.5 Å². The fourth-order valence-electron chi connectivity index (χ4n) is 4.32. The second-order valence-electron chi connectivity index (χ2n) is 7.42. The summed E-state index contributed by atoms with van der Waals surface area (Å²) >= 11 is 0. The number of fused-ring (bicyclic) bond motifs is 2. The van der Waals surface area contributed by atoms with E-state index in [1.165, 1.54) is 0 Å². The van der Waals surface area contributed by atoms with Gasteiger partial charge in [0.25, 0.3) is 11.5 Å². The number of likely N-dealkylation sites (tertiary alicyclic amines) is 1. The van der Waals surface area contributed by atoms with Crippen molar-refractivity contribution in [1.82, 2.24) is 24.6 Å². The predicted molar refractivity (Wildman–Crippen MR) is 103 cm³/mol. The molecule has 5 rings (SSSR count). The lowest BCUT2D eigenvalue weighted by atomic mass is 9.85. The van der Waals surface area contributed by atoms with Crippen molar-refractivity contribution in [2.75, 3.05) is 13.1 Å². The molecule has 1 atom stereocenters. The number of hydrogen-bond donors (Lipinski definition) is 0. The van der Waals surface area contributed by atoms with Crippen LogP contribution in [0.3, 0.4) is 0 Å². The zero-order chi connectivity index (χ0) is 19.1. The molecule has 1 amide bonds. The molecule has 28 heavy (non-hydrogen) atoms. The Balaban J connectivity index is 1.47. The minimum atomic E-state index is -0.300. The number of carbonyl (C=O) groups excluding carboxylic acids is 1. The highest BCUT2D eigenvalue weighted by Crippen LogP contribution is 2.41. The van der Waals surface area contributed by atoms with Gasteiger partial charge in [0, 0.05) is 31.4 Å². The Labute approximate surface area is 161 Å². The third kappa shape index (κ3) is 2.54. The number of hydrogen-bond acceptors (Lipinski definition) is 5. The second-order valence-corrected chi connectivity index (χ2v) is 7.42. The number of pyridine rings is 1. The van der Waals surface area contributed by atoms with Crippen molar-refractivity contribution in [2.24, 2.45) is 0 Å². The Hall–Kier alpha value is -3.35. The van der Waals surface area contributed by atoms with Gasteiger partial charge in [-0.25, -0.2) is 0 Å². The highest BCUT2D eigenvalue weighted by atomic mass is 16.2. The highest BCUT2D eigenvalue weighted by Gasteiger charge is 2.48. The van der Waals surface area contributed by atoms with E-state index >= 15 is 0 Å². The van der Waals surface area contributed by atoms with E-state index in [1.54, 1.807) is 22.9 Å². The van der Waals surface area contributed by atoms with Crippen LogP contribution < -0.4 is 5.56 Å². The summed E-state index contributed by atoms with van der Waals surface area (Å²) in [5.41, 5.74) is 1.18. The molecule has 0 radical (unpaired) electrons. The predicted octanol–water partition coefficient (Wildman–Crippen LogP) is 1.89. The Bertz CT molecular complexity index is 1100. The van der Waals surface area contributed by atoms with Crippen LogP contribution in [0.5, 0.6) is 0 Å².